The van der Waals surface area contributed by atoms with Crippen LogP contribution in [-0.4, -0.2) is 17.1 Å². The molecule has 3 nitrogen and oxygen atoms in total. The minimum absolute atomic E-state index is 0.363. The highest BCUT2D eigenvalue weighted by Gasteiger charge is 2.38. The third-order valence-electron chi connectivity index (χ3n) is 4.05. The number of hydrogen-bond donors (Lipinski definition) is 0. The highest BCUT2D eigenvalue weighted by Crippen LogP contribution is 2.39. The van der Waals surface area contributed by atoms with Crippen molar-refractivity contribution >= 4 is 0 Å². The third-order valence-corrected chi connectivity index (χ3v) is 4.05. The van der Waals surface area contributed by atoms with Crippen LogP contribution < -0.4 is 0 Å². The van der Waals surface area contributed by atoms with Crippen LogP contribution >= 0.6 is 0 Å². The summed E-state index contributed by atoms with van der Waals surface area (Å²) in [5.74, 6) is 1.57. The molecule has 0 spiro atoms. The van der Waals surface area contributed by atoms with Gasteiger partial charge in [0.25, 0.3) is 0 Å². The first-order chi connectivity index (χ1) is 6.72. The molecule has 14 heavy (non-hydrogen) atoms. The van der Waals surface area contributed by atoms with Crippen LogP contribution in [0, 0.1) is 16.7 Å². The van der Waals surface area contributed by atoms with E-state index in [0.29, 0.717) is 12.1 Å². The van der Waals surface area contributed by atoms with Crippen molar-refractivity contribution in [2.75, 3.05) is 0 Å². The minimum Gasteiger partial charge on any atom is -0.255 e. The largest absolute Gasteiger partial charge is 0.255 e. The van der Waals surface area contributed by atoms with Crippen LogP contribution in [0.2, 0.25) is 0 Å². The lowest BCUT2D eigenvalue weighted by Gasteiger charge is -2.45. The fourth-order valence-corrected chi connectivity index (χ4v) is 3.20. The standard InChI is InChI=1S/C11H20N2O/c1-8-3-6-11-10(7-8)5-4-9(2)13(11)12-14/h8-11H,3-7H2,1-2H3/t8-,9+,10-,11-/m0/s1. The first-order valence-corrected chi connectivity index (χ1v) is 5.84. The Labute approximate surface area is 85.8 Å². The molecular weight excluding hydrogens is 176 g/mol. The van der Waals surface area contributed by atoms with Gasteiger partial charge in [-0.3, -0.25) is 5.01 Å². The molecule has 2 aliphatic rings. The second-order valence-corrected chi connectivity index (χ2v) is 5.13. The average molecular weight is 196 g/mol. The maximum absolute atomic E-state index is 10.8. The first-order valence-electron chi connectivity index (χ1n) is 5.84. The van der Waals surface area contributed by atoms with Crippen molar-refractivity contribution < 1.29 is 0 Å². The molecule has 2 fully saturated rings. The van der Waals surface area contributed by atoms with Crippen molar-refractivity contribution in [3.8, 4) is 0 Å². The molecule has 0 bridgehead atoms. The molecular formula is C11H20N2O. The monoisotopic (exact) mass is 196 g/mol. The van der Waals surface area contributed by atoms with Gasteiger partial charge in [-0.1, -0.05) is 6.92 Å². The van der Waals surface area contributed by atoms with Crippen LogP contribution in [0.25, 0.3) is 0 Å². The predicted molar refractivity (Wildman–Crippen MR) is 56.6 cm³/mol. The Balaban J connectivity index is 2.08. The van der Waals surface area contributed by atoms with E-state index in [1.54, 1.807) is 0 Å². The van der Waals surface area contributed by atoms with Crippen LogP contribution in [0.3, 0.4) is 0 Å². The number of rotatable bonds is 1. The van der Waals surface area contributed by atoms with Crippen LogP contribution in [0.15, 0.2) is 5.29 Å². The first kappa shape index (κ1) is 9.94. The van der Waals surface area contributed by atoms with E-state index in [0.717, 1.165) is 18.3 Å². The fraction of sp³-hybridized carbons (Fsp3) is 1.00. The van der Waals surface area contributed by atoms with Gasteiger partial charge >= 0.3 is 0 Å². The SMILES string of the molecule is C[C@H]1CC[C@H]2[C@@H](CC[C@@H](C)N2N=O)C1. The highest BCUT2D eigenvalue weighted by molar-refractivity contribution is 4.90. The summed E-state index contributed by atoms with van der Waals surface area (Å²) in [6.07, 6.45) is 6.16. The van der Waals surface area contributed by atoms with Crippen molar-refractivity contribution in [1.29, 1.82) is 0 Å². The minimum atomic E-state index is 0.363. The van der Waals surface area contributed by atoms with Gasteiger partial charge in [-0.2, -0.15) is 0 Å². The van der Waals surface area contributed by atoms with Gasteiger partial charge in [0.1, 0.15) is 0 Å². The van der Waals surface area contributed by atoms with E-state index in [-0.39, 0.29) is 0 Å². The summed E-state index contributed by atoms with van der Waals surface area (Å²) in [4.78, 5) is 10.8. The fourth-order valence-electron chi connectivity index (χ4n) is 3.20. The molecule has 1 saturated heterocycles. The Hall–Kier alpha value is -0.600. The van der Waals surface area contributed by atoms with E-state index in [9.17, 15) is 4.91 Å². The molecule has 3 heteroatoms. The van der Waals surface area contributed by atoms with Crippen molar-refractivity contribution in [1.82, 2.24) is 5.01 Å². The molecule has 1 saturated carbocycles. The lowest BCUT2D eigenvalue weighted by Crippen LogP contribution is -2.48. The predicted octanol–water partition coefficient (Wildman–Crippen LogP) is 2.96. The van der Waals surface area contributed by atoms with Gasteiger partial charge in [-0.15, -0.1) is 4.91 Å². The number of piperidine rings is 1. The summed E-state index contributed by atoms with van der Waals surface area (Å²) < 4.78 is 0. The quantitative estimate of drug-likeness (QED) is 0.604. The van der Waals surface area contributed by atoms with Crippen molar-refractivity contribution in [3.63, 3.8) is 0 Å². The Bertz CT molecular complexity index is 219. The van der Waals surface area contributed by atoms with E-state index in [1.807, 2.05) is 5.01 Å². The number of nitroso groups, excluding NO2 is 1. The van der Waals surface area contributed by atoms with E-state index in [4.69, 9.17) is 0 Å². The molecule has 4 atom stereocenters. The number of fused-ring (bicyclic) bond motifs is 1. The van der Waals surface area contributed by atoms with Crippen LogP contribution in [0.5, 0.6) is 0 Å². The second kappa shape index (κ2) is 3.87. The summed E-state index contributed by atoms with van der Waals surface area (Å²) in [5.41, 5.74) is 0. The summed E-state index contributed by atoms with van der Waals surface area (Å²) in [5, 5.41) is 5.05. The lowest BCUT2D eigenvalue weighted by atomic mass is 9.73. The van der Waals surface area contributed by atoms with Gasteiger partial charge in [-0.05, 0) is 50.9 Å². The maximum atomic E-state index is 10.8. The van der Waals surface area contributed by atoms with Crippen LogP contribution in [0.4, 0.5) is 0 Å². The van der Waals surface area contributed by atoms with Gasteiger partial charge in [0.15, 0.2) is 0 Å². The van der Waals surface area contributed by atoms with Crippen molar-refractivity contribution in [3.05, 3.63) is 4.91 Å². The lowest BCUT2D eigenvalue weighted by molar-refractivity contribution is 0.0103. The van der Waals surface area contributed by atoms with Gasteiger partial charge in [0.2, 0.25) is 0 Å². The maximum Gasteiger partial charge on any atom is 0.0534 e. The van der Waals surface area contributed by atoms with Crippen LogP contribution in [0.1, 0.15) is 46.0 Å². The molecule has 0 aromatic rings. The summed E-state index contributed by atoms with van der Waals surface area (Å²) in [6.45, 7) is 4.45. The molecule has 80 valence electrons. The Morgan fingerprint density at radius 3 is 2.64 bits per heavy atom. The average Bonchev–Trinajstić information content (AvgIpc) is 2.18. The molecule has 0 radical (unpaired) electrons. The molecule has 0 unspecified atom stereocenters. The Kier molecular flexibility index (Phi) is 2.75. The number of hydrogen-bond acceptors (Lipinski definition) is 2. The van der Waals surface area contributed by atoms with E-state index in [2.05, 4.69) is 19.1 Å². The zero-order chi connectivity index (χ0) is 10.1. The topological polar surface area (TPSA) is 32.7 Å². The zero-order valence-electron chi connectivity index (χ0n) is 9.15. The van der Waals surface area contributed by atoms with E-state index < -0.39 is 0 Å². The molecule has 1 heterocycles. The molecule has 1 aliphatic heterocycles. The molecule has 0 aromatic heterocycles. The third kappa shape index (κ3) is 1.64. The zero-order valence-corrected chi connectivity index (χ0v) is 9.15. The highest BCUT2D eigenvalue weighted by atomic mass is 16.3. The smallest absolute Gasteiger partial charge is 0.0534 e. The van der Waals surface area contributed by atoms with Crippen molar-refractivity contribution in [2.45, 2.75) is 58.0 Å². The molecule has 0 N–H and O–H groups in total. The second-order valence-electron chi connectivity index (χ2n) is 5.13. The summed E-state index contributed by atoms with van der Waals surface area (Å²) >= 11 is 0. The van der Waals surface area contributed by atoms with Crippen molar-refractivity contribution in [2.24, 2.45) is 17.1 Å². The molecule has 0 aromatic carbocycles. The van der Waals surface area contributed by atoms with Gasteiger partial charge < -0.3 is 0 Å². The molecule has 1 aliphatic carbocycles. The van der Waals surface area contributed by atoms with Gasteiger partial charge in [0.05, 0.1) is 11.3 Å². The normalized spacial score (nSPS) is 43.1. The van der Waals surface area contributed by atoms with Gasteiger partial charge in [0, 0.05) is 6.04 Å². The van der Waals surface area contributed by atoms with Gasteiger partial charge in [-0.25, -0.2) is 0 Å². The Morgan fingerprint density at radius 2 is 1.93 bits per heavy atom. The number of nitrogens with zero attached hydrogens (tertiary/aromatic N) is 2. The summed E-state index contributed by atoms with van der Waals surface area (Å²) in [6, 6.07) is 0.814. The molecule has 0 amide bonds. The van der Waals surface area contributed by atoms with E-state index in [1.165, 1.54) is 25.7 Å². The Morgan fingerprint density at radius 1 is 1.14 bits per heavy atom. The van der Waals surface area contributed by atoms with Crippen LogP contribution in [-0.2, 0) is 0 Å². The van der Waals surface area contributed by atoms with E-state index >= 15 is 0 Å². The summed E-state index contributed by atoms with van der Waals surface area (Å²) in [7, 11) is 0. The molecule has 2 rings (SSSR count).